The van der Waals surface area contributed by atoms with Gasteiger partial charge < -0.3 is 10.3 Å². The molecule has 4 nitrogen and oxygen atoms in total. The van der Waals surface area contributed by atoms with Gasteiger partial charge in [-0.25, -0.2) is 0 Å². The fourth-order valence-corrected chi connectivity index (χ4v) is 1.02. The minimum atomic E-state index is -0.195. The first-order valence-corrected chi connectivity index (χ1v) is 5.34. The van der Waals surface area contributed by atoms with Crippen molar-refractivity contribution < 1.29 is 4.52 Å². The molecule has 0 spiro atoms. The summed E-state index contributed by atoms with van der Waals surface area (Å²) in [6, 6.07) is -0.195. The van der Waals surface area contributed by atoms with Crippen molar-refractivity contribution in [3.8, 4) is 0 Å². The van der Waals surface area contributed by atoms with Gasteiger partial charge in [0.05, 0.1) is 10.8 Å². The molecule has 0 amide bonds. The summed E-state index contributed by atoms with van der Waals surface area (Å²) in [5.41, 5.74) is 5.61. The molecule has 0 aliphatic rings. The van der Waals surface area contributed by atoms with Crippen molar-refractivity contribution in [2.75, 3.05) is 6.26 Å². The molecule has 13 heavy (non-hydrogen) atoms. The summed E-state index contributed by atoms with van der Waals surface area (Å²) in [6.07, 6.45) is 2.02. The molecule has 5 heteroatoms. The van der Waals surface area contributed by atoms with Crippen molar-refractivity contribution in [1.29, 1.82) is 0 Å². The van der Waals surface area contributed by atoms with Crippen molar-refractivity contribution in [2.45, 2.75) is 31.6 Å². The first-order valence-electron chi connectivity index (χ1n) is 4.12. The molecule has 0 bridgehead atoms. The number of nitrogens with two attached hydrogens (primary N) is 1. The predicted octanol–water partition coefficient (Wildman–Crippen LogP) is 1.69. The Morgan fingerprint density at radius 3 is 2.54 bits per heavy atom. The lowest BCUT2D eigenvalue weighted by molar-refractivity contribution is 0.354. The number of aromatic nitrogens is 2. The van der Waals surface area contributed by atoms with Crippen LogP contribution in [0.4, 0.5) is 0 Å². The van der Waals surface area contributed by atoms with Crippen LogP contribution < -0.4 is 5.73 Å². The van der Waals surface area contributed by atoms with Crippen LogP contribution in [0.1, 0.15) is 38.5 Å². The van der Waals surface area contributed by atoms with Crippen LogP contribution in [-0.4, -0.2) is 16.4 Å². The normalized spacial score (nSPS) is 14.5. The second-order valence-electron chi connectivity index (χ2n) is 3.46. The largest absolute Gasteiger partial charge is 0.338 e. The van der Waals surface area contributed by atoms with E-state index in [0.29, 0.717) is 11.7 Å². The summed E-state index contributed by atoms with van der Waals surface area (Å²) in [5.74, 6) is 1.20. The lowest BCUT2D eigenvalue weighted by Crippen LogP contribution is -2.14. The smallest absolute Gasteiger partial charge is 0.243 e. The third-order valence-corrected chi connectivity index (χ3v) is 3.08. The van der Waals surface area contributed by atoms with Gasteiger partial charge in [-0.05, 0) is 27.0 Å². The zero-order chi connectivity index (χ0) is 10.1. The zero-order valence-corrected chi connectivity index (χ0v) is 9.18. The maximum atomic E-state index is 5.61. The van der Waals surface area contributed by atoms with Gasteiger partial charge in [0.1, 0.15) is 0 Å². The monoisotopic (exact) mass is 201 g/mol. The molecule has 0 radical (unpaired) electrons. The molecule has 0 aliphatic heterocycles. The molecule has 1 rings (SSSR count). The molecular formula is C8H15N3OS. The minimum Gasteiger partial charge on any atom is -0.338 e. The molecule has 1 aromatic rings. The second kappa shape index (κ2) is 3.67. The Labute approximate surface area is 82.3 Å². The SMILES string of the molecule is CSC(C)(C)c1noc([C@H](C)N)n1. The van der Waals surface area contributed by atoms with E-state index in [-0.39, 0.29) is 10.8 Å². The lowest BCUT2D eigenvalue weighted by Gasteiger charge is -2.15. The van der Waals surface area contributed by atoms with Crippen LogP contribution in [0.25, 0.3) is 0 Å². The van der Waals surface area contributed by atoms with Crippen LogP contribution >= 0.6 is 11.8 Å². The standard InChI is InChI=1S/C8H15N3OS/c1-5(9)6-10-7(11-12-6)8(2,3)13-4/h5H,9H2,1-4H3/t5-/m0/s1. The lowest BCUT2D eigenvalue weighted by atomic mass is 10.2. The van der Waals surface area contributed by atoms with Crippen molar-refractivity contribution in [3.05, 3.63) is 11.7 Å². The number of hydrogen-bond acceptors (Lipinski definition) is 5. The average molecular weight is 201 g/mol. The highest BCUT2D eigenvalue weighted by molar-refractivity contribution is 7.99. The van der Waals surface area contributed by atoms with E-state index in [1.54, 1.807) is 11.8 Å². The average Bonchev–Trinajstić information content (AvgIpc) is 2.52. The summed E-state index contributed by atoms with van der Waals surface area (Å²) in [7, 11) is 0. The zero-order valence-electron chi connectivity index (χ0n) is 8.37. The minimum absolute atomic E-state index is 0.114. The van der Waals surface area contributed by atoms with E-state index in [1.165, 1.54) is 0 Å². The molecule has 1 atom stereocenters. The van der Waals surface area contributed by atoms with Gasteiger partial charge in [0.15, 0.2) is 5.82 Å². The molecule has 0 aromatic carbocycles. The van der Waals surface area contributed by atoms with E-state index in [0.717, 1.165) is 0 Å². The van der Waals surface area contributed by atoms with Gasteiger partial charge in [-0.3, -0.25) is 0 Å². The van der Waals surface area contributed by atoms with E-state index in [2.05, 4.69) is 10.1 Å². The Hall–Kier alpha value is -0.550. The number of rotatable bonds is 3. The van der Waals surface area contributed by atoms with Gasteiger partial charge in [0, 0.05) is 0 Å². The van der Waals surface area contributed by atoms with Crippen molar-refractivity contribution in [3.63, 3.8) is 0 Å². The molecule has 0 unspecified atom stereocenters. The molecule has 1 aromatic heterocycles. The van der Waals surface area contributed by atoms with Gasteiger partial charge in [-0.2, -0.15) is 16.7 Å². The van der Waals surface area contributed by atoms with Crippen LogP contribution in [0, 0.1) is 0 Å². The summed E-state index contributed by atoms with van der Waals surface area (Å²) in [5, 5.41) is 3.89. The molecule has 0 aliphatic carbocycles. The second-order valence-corrected chi connectivity index (χ2v) is 4.89. The van der Waals surface area contributed by atoms with Crippen molar-refractivity contribution in [1.82, 2.24) is 10.1 Å². The van der Waals surface area contributed by atoms with Gasteiger partial charge in [-0.15, -0.1) is 0 Å². The van der Waals surface area contributed by atoms with Crippen molar-refractivity contribution >= 4 is 11.8 Å². The Bertz CT molecular complexity index is 283. The van der Waals surface area contributed by atoms with Crippen molar-refractivity contribution in [2.24, 2.45) is 5.73 Å². The third kappa shape index (κ3) is 2.22. The quantitative estimate of drug-likeness (QED) is 0.806. The summed E-state index contributed by atoms with van der Waals surface area (Å²) in [4.78, 5) is 4.23. The van der Waals surface area contributed by atoms with E-state index in [9.17, 15) is 0 Å². The van der Waals surface area contributed by atoms with Gasteiger partial charge in [0.2, 0.25) is 5.89 Å². The van der Waals surface area contributed by atoms with Gasteiger partial charge >= 0.3 is 0 Å². The predicted molar refractivity (Wildman–Crippen MR) is 53.4 cm³/mol. The molecule has 74 valence electrons. The maximum Gasteiger partial charge on any atom is 0.243 e. The fourth-order valence-electron chi connectivity index (χ4n) is 0.756. The molecule has 0 fully saturated rings. The van der Waals surface area contributed by atoms with E-state index in [1.807, 2.05) is 27.0 Å². The summed E-state index contributed by atoms with van der Waals surface area (Å²) in [6.45, 7) is 5.92. The Kier molecular flexibility index (Phi) is 2.98. The van der Waals surface area contributed by atoms with Crippen LogP contribution in [0.2, 0.25) is 0 Å². The van der Waals surface area contributed by atoms with Crippen LogP contribution in [-0.2, 0) is 4.75 Å². The summed E-state index contributed by atoms with van der Waals surface area (Å²) < 4.78 is 4.90. The highest BCUT2D eigenvalue weighted by Crippen LogP contribution is 2.31. The van der Waals surface area contributed by atoms with Crippen LogP contribution in [0.15, 0.2) is 4.52 Å². The van der Waals surface area contributed by atoms with E-state index >= 15 is 0 Å². The number of thioether (sulfide) groups is 1. The number of hydrogen-bond donors (Lipinski definition) is 1. The number of nitrogens with zero attached hydrogens (tertiary/aromatic N) is 2. The van der Waals surface area contributed by atoms with E-state index < -0.39 is 0 Å². The van der Waals surface area contributed by atoms with E-state index in [4.69, 9.17) is 10.3 Å². The topological polar surface area (TPSA) is 64.9 Å². The molecule has 0 saturated carbocycles. The highest BCUT2D eigenvalue weighted by Gasteiger charge is 2.26. The maximum absolute atomic E-state index is 5.61. The first-order chi connectivity index (χ1) is 5.97. The molecular weight excluding hydrogens is 186 g/mol. The summed E-state index contributed by atoms with van der Waals surface area (Å²) >= 11 is 1.68. The Balaban J connectivity index is 2.91. The third-order valence-electron chi connectivity index (χ3n) is 1.88. The molecule has 1 heterocycles. The first kappa shape index (κ1) is 10.5. The van der Waals surface area contributed by atoms with Crippen LogP contribution in [0.3, 0.4) is 0 Å². The molecule has 2 N–H and O–H groups in total. The fraction of sp³-hybridized carbons (Fsp3) is 0.750. The van der Waals surface area contributed by atoms with Crippen LogP contribution in [0.5, 0.6) is 0 Å². The van der Waals surface area contributed by atoms with Gasteiger partial charge in [0.25, 0.3) is 0 Å². The highest BCUT2D eigenvalue weighted by atomic mass is 32.2. The van der Waals surface area contributed by atoms with Gasteiger partial charge in [-0.1, -0.05) is 5.16 Å². The Morgan fingerprint density at radius 1 is 1.54 bits per heavy atom. The molecule has 0 saturated heterocycles. The Morgan fingerprint density at radius 2 is 2.15 bits per heavy atom.